The molecule has 2 N–H and O–H groups in total. The van der Waals surface area contributed by atoms with Gasteiger partial charge in [-0.1, -0.05) is 41.4 Å². The van der Waals surface area contributed by atoms with Gasteiger partial charge >= 0.3 is 5.97 Å². The average Bonchev–Trinajstić information content (AvgIpc) is 2.48. The lowest BCUT2D eigenvalue weighted by molar-refractivity contribution is 0.0469. The van der Waals surface area contributed by atoms with Crippen LogP contribution in [0.1, 0.15) is 15.9 Å². The van der Waals surface area contributed by atoms with Crippen molar-refractivity contribution in [3.8, 4) is 5.75 Å². The first-order valence-electron chi connectivity index (χ1n) is 6.06. The number of carbonyl (C=O) groups is 1. The van der Waals surface area contributed by atoms with Crippen LogP contribution in [0.2, 0.25) is 10.0 Å². The van der Waals surface area contributed by atoms with Gasteiger partial charge in [-0.05, 0) is 12.1 Å². The summed E-state index contributed by atoms with van der Waals surface area (Å²) in [5.74, 6) is -0.255. The summed E-state index contributed by atoms with van der Waals surface area (Å²) in [7, 11) is 1.44. The maximum absolute atomic E-state index is 12.1. The molecule has 2 rings (SSSR count). The number of benzene rings is 2. The normalized spacial score (nSPS) is 10.2. The topological polar surface area (TPSA) is 61.5 Å². The molecule has 0 aliphatic heterocycles. The van der Waals surface area contributed by atoms with Crippen molar-refractivity contribution in [1.29, 1.82) is 0 Å². The molecule has 0 unspecified atom stereocenters. The van der Waals surface area contributed by atoms with Crippen LogP contribution in [0.15, 0.2) is 36.4 Å². The lowest BCUT2D eigenvalue weighted by atomic mass is 10.2. The molecule has 0 spiro atoms. The number of ether oxygens (including phenoxy) is 2. The van der Waals surface area contributed by atoms with Gasteiger partial charge in [0.15, 0.2) is 0 Å². The Kier molecular flexibility index (Phi) is 4.94. The van der Waals surface area contributed by atoms with E-state index in [9.17, 15) is 4.79 Å². The number of hydrogen-bond donors (Lipinski definition) is 1. The first-order valence-corrected chi connectivity index (χ1v) is 6.82. The maximum atomic E-state index is 12.1. The molecule has 0 fully saturated rings. The Balaban J connectivity index is 2.17. The predicted molar refractivity (Wildman–Crippen MR) is 83.0 cm³/mol. The molecule has 0 atom stereocenters. The summed E-state index contributed by atoms with van der Waals surface area (Å²) in [5.41, 5.74) is 6.93. The van der Waals surface area contributed by atoms with Crippen molar-refractivity contribution in [2.75, 3.05) is 12.8 Å². The number of nitrogens with two attached hydrogens (primary N) is 1. The zero-order chi connectivity index (χ0) is 15.4. The predicted octanol–water partition coefficient (Wildman–Crippen LogP) is 3.94. The fourth-order valence-corrected chi connectivity index (χ4v) is 2.09. The SMILES string of the molecule is COc1cc(N)c(Cl)cc1C(=O)OCc1ccccc1Cl. The summed E-state index contributed by atoms with van der Waals surface area (Å²) in [4.78, 5) is 12.1. The molecule has 0 aromatic heterocycles. The van der Waals surface area contributed by atoms with Gasteiger partial charge in [0.05, 0.1) is 17.8 Å². The van der Waals surface area contributed by atoms with Gasteiger partial charge in [-0.15, -0.1) is 0 Å². The second-order valence-corrected chi connectivity index (χ2v) is 5.06. The Morgan fingerprint density at radius 1 is 1.19 bits per heavy atom. The van der Waals surface area contributed by atoms with E-state index in [0.29, 0.717) is 22.0 Å². The van der Waals surface area contributed by atoms with Gasteiger partial charge in [0.25, 0.3) is 0 Å². The maximum Gasteiger partial charge on any atom is 0.342 e. The molecule has 0 saturated heterocycles. The third-order valence-electron chi connectivity index (χ3n) is 2.86. The molecule has 0 radical (unpaired) electrons. The van der Waals surface area contributed by atoms with E-state index in [1.54, 1.807) is 18.2 Å². The van der Waals surface area contributed by atoms with E-state index < -0.39 is 5.97 Å². The molecule has 0 aliphatic carbocycles. The lowest BCUT2D eigenvalue weighted by Crippen LogP contribution is -2.08. The summed E-state index contributed by atoms with van der Waals surface area (Å²) in [6.45, 7) is 0.0592. The number of anilines is 1. The van der Waals surface area contributed by atoms with Crippen molar-refractivity contribution in [2.45, 2.75) is 6.61 Å². The Hall–Kier alpha value is -1.91. The molecule has 0 bridgehead atoms. The van der Waals surface area contributed by atoms with Gasteiger partial charge in [-0.3, -0.25) is 0 Å². The molecule has 2 aromatic rings. The third kappa shape index (κ3) is 3.60. The van der Waals surface area contributed by atoms with Crippen molar-refractivity contribution in [2.24, 2.45) is 0 Å². The van der Waals surface area contributed by atoms with Crippen molar-refractivity contribution in [3.05, 3.63) is 57.6 Å². The van der Waals surface area contributed by atoms with Crippen molar-refractivity contribution < 1.29 is 14.3 Å². The highest BCUT2D eigenvalue weighted by Crippen LogP contribution is 2.29. The summed E-state index contributed by atoms with van der Waals surface area (Å²) in [6, 6.07) is 10.0. The van der Waals surface area contributed by atoms with Crippen molar-refractivity contribution in [1.82, 2.24) is 0 Å². The third-order valence-corrected chi connectivity index (χ3v) is 3.55. The molecule has 0 amide bonds. The number of esters is 1. The van der Waals surface area contributed by atoms with E-state index in [1.807, 2.05) is 6.07 Å². The fourth-order valence-electron chi connectivity index (χ4n) is 1.73. The minimum Gasteiger partial charge on any atom is -0.496 e. The first-order chi connectivity index (χ1) is 10.0. The zero-order valence-electron chi connectivity index (χ0n) is 11.2. The minimum atomic E-state index is -0.561. The van der Waals surface area contributed by atoms with Crippen LogP contribution >= 0.6 is 23.2 Å². The van der Waals surface area contributed by atoms with Gasteiger partial charge in [-0.2, -0.15) is 0 Å². The van der Waals surface area contributed by atoms with E-state index in [0.717, 1.165) is 0 Å². The average molecular weight is 326 g/mol. The minimum absolute atomic E-state index is 0.0592. The number of methoxy groups -OCH3 is 1. The highest BCUT2D eigenvalue weighted by atomic mass is 35.5. The molecule has 6 heteroatoms. The van der Waals surface area contributed by atoms with E-state index in [-0.39, 0.29) is 17.2 Å². The number of rotatable bonds is 4. The summed E-state index contributed by atoms with van der Waals surface area (Å²) >= 11 is 11.9. The van der Waals surface area contributed by atoms with Crippen LogP contribution in [0.4, 0.5) is 5.69 Å². The van der Waals surface area contributed by atoms with Crippen LogP contribution in [-0.4, -0.2) is 13.1 Å². The van der Waals surface area contributed by atoms with Crippen LogP contribution in [0, 0.1) is 0 Å². The Labute approximate surface area is 132 Å². The molecular weight excluding hydrogens is 313 g/mol. The molecule has 110 valence electrons. The van der Waals surface area contributed by atoms with E-state index in [2.05, 4.69) is 0 Å². The second kappa shape index (κ2) is 6.70. The monoisotopic (exact) mass is 325 g/mol. The molecule has 0 aliphatic rings. The standard InChI is InChI=1S/C15H13Cl2NO3/c1-20-14-7-13(18)12(17)6-10(14)15(19)21-8-9-4-2-3-5-11(9)16/h2-7H,8,18H2,1H3. The zero-order valence-corrected chi connectivity index (χ0v) is 12.7. The first kappa shape index (κ1) is 15.5. The van der Waals surface area contributed by atoms with Gasteiger partial charge in [-0.25, -0.2) is 4.79 Å². The summed E-state index contributed by atoms with van der Waals surface area (Å²) in [5, 5.41) is 0.799. The fraction of sp³-hybridized carbons (Fsp3) is 0.133. The van der Waals surface area contributed by atoms with Gasteiger partial charge in [0.1, 0.15) is 17.9 Å². The van der Waals surface area contributed by atoms with Crippen LogP contribution in [0.5, 0.6) is 5.75 Å². The van der Waals surface area contributed by atoms with Crippen LogP contribution in [0.25, 0.3) is 0 Å². The summed E-state index contributed by atoms with van der Waals surface area (Å²) in [6.07, 6.45) is 0. The largest absolute Gasteiger partial charge is 0.496 e. The number of halogens is 2. The number of carbonyl (C=O) groups excluding carboxylic acids is 1. The Morgan fingerprint density at radius 2 is 1.90 bits per heavy atom. The molecular formula is C15H13Cl2NO3. The highest BCUT2D eigenvalue weighted by molar-refractivity contribution is 6.33. The van der Waals surface area contributed by atoms with Crippen molar-refractivity contribution >= 4 is 34.9 Å². The Bertz CT molecular complexity index is 674. The smallest absolute Gasteiger partial charge is 0.342 e. The molecule has 4 nitrogen and oxygen atoms in total. The van der Waals surface area contributed by atoms with Gasteiger partial charge in [0.2, 0.25) is 0 Å². The van der Waals surface area contributed by atoms with Gasteiger partial charge < -0.3 is 15.2 Å². The molecule has 0 heterocycles. The Morgan fingerprint density at radius 3 is 2.57 bits per heavy atom. The summed E-state index contributed by atoms with van der Waals surface area (Å²) < 4.78 is 10.3. The van der Waals surface area contributed by atoms with E-state index in [1.165, 1.54) is 19.2 Å². The van der Waals surface area contributed by atoms with Gasteiger partial charge in [0, 0.05) is 16.7 Å². The van der Waals surface area contributed by atoms with E-state index >= 15 is 0 Å². The van der Waals surface area contributed by atoms with E-state index in [4.69, 9.17) is 38.4 Å². The molecule has 21 heavy (non-hydrogen) atoms. The van der Waals surface area contributed by atoms with Crippen molar-refractivity contribution in [3.63, 3.8) is 0 Å². The second-order valence-electron chi connectivity index (χ2n) is 4.24. The molecule has 2 aromatic carbocycles. The highest BCUT2D eigenvalue weighted by Gasteiger charge is 2.17. The van der Waals surface area contributed by atoms with Crippen LogP contribution in [0.3, 0.4) is 0 Å². The van der Waals surface area contributed by atoms with Crippen LogP contribution < -0.4 is 10.5 Å². The van der Waals surface area contributed by atoms with Crippen LogP contribution in [-0.2, 0) is 11.3 Å². The molecule has 0 saturated carbocycles. The lowest BCUT2D eigenvalue weighted by Gasteiger charge is -2.11. The quantitative estimate of drug-likeness (QED) is 0.683. The number of hydrogen-bond acceptors (Lipinski definition) is 4. The number of nitrogen functional groups attached to an aromatic ring is 1.